The highest BCUT2D eigenvalue weighted by Crippen LogP contribution is 2.25. The Balaban J connectivity index is 1.53. The molecule has 166 valence electrons. The van der Waals surface area contributed by atoms with E-state index in [1.54, 1.807) is 30.3 Å². The van der Waals surface area contributed by atoms with Gasteiger partial charge in [0.05, 0.1) is 0 Å². The van der Waals surface area contributed by atoms with Gasteiger partial charge in [-0.3, -0.25) is 9.59 Å². The van der Waals surface area contributed by atoms with Crippen LogP contribution in [0.5, 0.6) is 0 Å². The van der Waals surface area contributed by atoms with Crippen LogP contribution >= 0.6 is 0 Å². The van der Waals surface area contributed by atoms with Gasteiger partial charge in [0.1, 0.15) is 11.8 Å². The number of benzene rings is 2. The van der Waals surface area contributed by atoms with Crippen molar-refractivity contribution in [1.29, 1.82) is 0 Å². The molecular formula is C24H23F2N3O3. The van der Waals surface area contributed by atoms with Gasteiger partial charge in [0.15, 0.2) is 17.3 Å². The van der Waals surface area contributed by atoms with Gasteiger partial charge in [-0.1, -0.05) is 48.5 Å². The summed E-state index contributed by atoms with van der Waals surface area (Å²) < 4.78 is 32.8. The summed E-state index contributed by atoms with van der Waals surface area (Å²) in [7, 11) is 0. The number of hydrogen-bond donors (Lipinski definition) is 1. The molecule has 1 aromatic heterocycles. The van der Waals surface area contributed by atoms with E-state index in [0.717, 1.165) is 18.1 Å². The quantitative estimate of drug-likeness (QED) is 0.635. The second-order valence-corrected chi connectivity index (χ2v) is 7.74. The van der Waals surface area contributed by atoms with Crippen LogP contribution in [0.1, 0.15) is 35.2 Å². The molecule has 1 unspecified atom stereocenters. The first-order valence-electron chi connectivity index (χ1n) is 10.6. The number of aryl methyl sites for hydroxylation is 1. The Kier molecular flexibility index (Phi) is 6.30. The average Bonchev–Trinajstić information content (AvgIpc) is 3.26. The number of carbonyl (C=O) groups excluding carboxylic acids is 2. The molecule has 6 nitrogen and oxygen atoms in total. The van der Waals surface area contributed by atoms with E-state index in [-0.39, 0.29) is 29.5 Å². The molecule has 0 bridgehead atoms. The van der Waals surface area contributed by atoms with E-state index in [1.165, 1.54) is 17.0 Å². The summed E-state index contributed by atoms with van der Waals surface area (Å²) >= 11 is 0. The fourth-order valence-corrected chi connectivity index (χ4v) is 3.86. The summed E-state index contributed by atoms with van der Waals surface area (Å²) in [5, 5.41) is 6.67. The lowest BCUT2D eigenvalue weighted by molar-refractivity contribution is -0.127. The third kappa shape index (κ3) is 4.39. The molecule has 1 atom stereocenters. The highest BCUT2D eigenvalue weighted by atomic mass is 19.2. The molecule has 0 aliphatic carbocycles. The zero-order chi connectivity index (χ0) is 22.7. The van der Waals surface area contributed by atoms with Gasteiger partial charge in [-0.05, 0) is 23.6 Å². The van der Waals surface area contributed by atoms with Gasteiger partial charge >= 0.3 is 0 Å². The van der Waals surface area contributed by atoms with E-state index in [2.05, 4.69) is 10.5 Å². The van der Waals surface area contributed by atoms with Gasteiger partial charge in [0.2, 0.25) is 5.91 Å². The van der Waals surface area contributed by atoms with Gasteiger partial charge in [-0.15, -0.1) is 0 Å². The lowest BCUT2D eigenvalue weighted by Gasteiger charge is -2.34. The van der Waals surface area contributed by atoms with Crippen LogP contribution in [0.25, 0.3) is 11.1 Å². The Labute approximate surface area is 184 Å². The number of hydrogen-bond acceptors (Lipinski definition) is 4. The van der Waals surface area contributed by atoms with Gasteiger partial charge in [-0.2, -0.15) is 0 Å². The monoisotopic (exact) mass is 439 g/mol. The maximum absolute atomic E-state index is 14.1. The fraction of sp³-hybridized carbons (Fsp3) is 0.292. The molecule has 3 aromatic rings. The number of halogens is 2. The van der Waals surface area contributed by atoms with E-state index in [9.17, 15) is 18.4 Å². The topological polar surface area (TPSA) is 75.4 Å². The van der Waals surface area contributed by atoms with Crippen molar-refractivity contribution < 1.29 is 22.9 Å². The number of aromatic nitrogens is 1. The van der Waals surface area contributed by atoms with Crippen molar-refractivity contribution in [2.75, 3.05) is 13.1 Å². The van der Waals surface area contributed by atoms with Crippen LogP contribution in [0.15, 0.2) is 53.1 Å². The SMILES string of the molecule is CCCc1cc(C(=O)N2CCNC(=O)C2Cc2ccc(-c3cccc(F)c3F)cc2)no1. The molecule has 1 fully saturated rings. The van der Waals surface area contributed by atoms with E-state index in [0.29, 0.717) is 30.8 Å². The summed E-state index contributed by atoms with van der Waals surface area (Å²) in [5.41, 5.74) is 1.66. The predicted molar refractivity (Wildman–Crippen MR) is 114 cm³/mol. The maximum atomic E-state index is 14.1. The Morgan fingerprint density at radius 2 is 2.00 bits per heavy atom. The van der Waals surface area contributed by atoms with E-state index in [4.69, 9.17) is 4.52 Å². The molecule has 2 amide bonds. The Hall–Kier alpha value is -3.55. The Bertz CT molecular complexity index is 1130. The lowest BCUT2D eigenvalue weighted by atomic mass is 9.98. The van der Waals surface area contributed by atoms with Crippen molar-refractivity contribution in [2.24, 2.45) is 0 Å². The first kappa shape index (κ1) is 21.7. The van der Waals surface area contributed by atoms with E-state index in [1.807, 2.05) is 6.92 Å². The summed E-state index contributed by atoms with van der Waals surface area (Å²) in [6, 6.07) is 11.8. The molecule has 2 aromatic carbocycles. The zero-order valence-corrected chi connectivity index (χ0v) is 17.6. The largest absolute Gasteiger partial charge is 0.361 e. The number of piperazine rings is 1. The van der Waals surface area contributed by atoms with Crippen molar-refractivity contribution in [3.8, 4) is 11.1 Å². The van der Waals surface area contributed by atoms with Crippen molar-refractivity contribution in [3.63, 3.8) is 0 Å². The lowest BCUT2D eigenvalue weighted by Crippen LogP contribution is -2.58. The second-order valence-electron chi connectivity index (χ2n) is 7.74. The van der Waals surface area contributed by atoms with Gasteiger partial charge in [-0.25, -0.2) is 8.78 Å². The van der Waals surface area contributed by atoms with Crippen LogP contribution in [0.3, 0.4) is 0 Å². The number of nitrogens with one attached hydrogen (secondary N) is 1. The number of rotatable bonds is 6. The Morgan fingerprint density at radius 3 is 2.75 bits per heavy atom. The first-order chi connectivity index (χ1) is 15.5. The van der Waals surface area contributed by atoms with Crippen LogP contribution < -0.4 is 5.32 Å². The predicted octanol–water partition coefficient (Wildman–Crippen LogP) is 3.76. The Morgan fingerprint density at radius 1 is 1.22 bits per heavy atom. The molecule has 32 heavy (non-hydrogen) atoms. The summed E-state index contributed by atoms with van der Waals surface area (Å²) in [6.45, 7) is 2.72. The third-order valence-corrected chi connectivity index (χ3v) is 5.51. The zero-order valence-electron chi connectivity index (χ0n) is 17.6. The summed E-state index contributed by atoms with van der Waals surface area (Å²) in [6.07, 6.45) is 1.83. The van der Waals surface area contributed by atoms with Crippen molar-refractivity contribution in [3.05, 3.63) is 77.2 Å². The normalized spacial score (nSPS) is 16.2. The van der Waals surface area contributed by atoms with Crippen LogP contribution in [0, 0.1) is 11.6 Å². The average molecular weight is 439 g/mol. The first-order valence-corrected chi connectivity index (χ1v) is 10.6. The standard InChI is InChI=1S/C24H23F2N3O3/c1-2-4-17-14-20(28-32-17)24(31)29-12-11-27-23(30)21(29)13-15-7-9-16(10-8-15)18-5-3-6-19(25)22(18)26/h3,5-10,14,21H,2,4,11-13H2,1H3,(H,27,30). The minimum absolute atomic E-state index is 0.165. The second kappa shape index (κ2) is 9.30. The van der Waals surface area contributed by atoms with Crippen molar-refractivity contribution >= 4 is 11.8 Å². The van der Waals surface area contributed by atoms with Crippen LogP contribution in [0.4, 0.5) is 8.78 Å². The number of carbonyl (C=O) groups is 2. The van der Waals surface area contributed by atoms with E-state index >= 15 is 0 Å². The molecule has 1 aliphatic rings. The highest BCUT2D eigenvalue weighted by molar-refractivity contribution is 5.97. The van der Waals surface area contributed by atoms with Gasteiger partial charge in [0, 0.05) is 37.6 Å². The van der Waals surface area contributed by atoms with Crippen molar-refractivity contribution in [2.45, 2.75) is 32.2 Å². The highest BCUT2D eigenvalue weighted by Gasteiger charge is 2.34. The molecule has 8 heteroatoms. The van der Waals surface area contributed by atoms with Crippen LogP contribution in [0.2, 0.25) is 0 Å². The smallest absolute Gasteiger partial charge is 0.276 e. The molecular weight excluding hydrogens is 416 g/mol. The minimum atomic E-state index is -0.908. The molecule has 1 saturated heterocycles. The molecule has 0 radical (unpaired) electrons. The molecule has 4 rings (SSSR count). The third-order valence-electron chi connectivity index (χ3n) is 5.51. The van der Waals surface area contributed by atoms with Gasteiger partial charge < -0.3 is 14.7 Å². The fourth-order valence-electron chi connectivity index (χ4n) is 3.86. The molecule has 0 saturated carbocycles. The summed E-state index contributed by atoms with van der Waals surface area (Å²) in [5.74, 6) is -1.78. The summed E-state index contributed by atoms with van der Waals surface area (Å²) in [4.78, 5) is 27.1. The molecule has 1 aliphatic heterocycles. The maximum Gasteiger partial charge on any atom is 0.276 e. The van der Waals surface area contributed by atoms with Crippen LogP contribution in [-0.2, 0) is 17.6 Å². The van der Waals surface area contributed by atoms with Crippen LogP contribution in [-0.4, -0.2) is 41.0 Å². The number of amides is 2. The van der Waals surface area contributed by atoms with Gasteiger partial charge in [0.25, 0.3) is 5.91 Å². The molecule has 1 N–H and O–H groups in total. The number of nitrogens with zero attached hydrogens (tertiary/aromatic N) is 2. The minimum Gasteiger partial charge on any atom is -0.361 e. The molecule has 0 spiro atoms. The van der Waals surface area contributed by atoms with Crippen molar-refractivity contribution in [1.82, 2.24) is 15.4 Å². The molecule has 2 heterocycles. The van der Waals surface area contributed by atoms with E-state index < -0.39 is 17.7 Å².